The van der Waals surface area contributed by atoms with E-state index in [0.29, 0.717) is 24.8 Å². The zero-order chi connectivity index (χ0) is 16.3. The van der Waals surface area contributed by atoms with Gasteiger partial charge in [-0.05, 0) is 34.2 Å². The molecule has 2 heterocycles. The summed E-state index contributed by atoms with van der Waals surface area (Å²) in [5, 5.41) is 0.427. The summed E-state index contributed by atoms with van der Waals surface area (Å²) < 4.78 is 5.41. The van der Waals surface area contributed by atoms with Crippen LogP contribution in [0, 0.1) is 0 Å². The number of ether oxygens (including phenoxy) is 1. The summed E-state index contributed by atoms with van der Waals surface area (Å²) in [7, 11) is 2.01. The Labute approximate surface area is 136 Å². The third-order valence-corrected chi connectivity index (χ3v) is 3.88. The van der Waals surface area contributed by atoms with Crippen molar-refractivity contribution in [1.82, 2.24) is 19.8 Å². The van der Waals surface area contributed by atoms with E-state index in [4.69, 9.17) is 16.3 Å². The van der Waals surface area contributed by atoms with Gasteiger partial charge in [-0.15, -0.1) is 0 Å². The molecular formula is C15H23ClN4O2. The van der Waals surface area contributed by atoms with Crippen LogP contribution in [-0.4, -0.2) is 57.6 Å². The molecule has 1 aromatic rings. The monoisotopic (exact) mass is 326 g/mol. The highest BCUT2D eigenvalue weighted by Crippen LogP contribution is 2.20. The predicted octanol–water partition coefficient (Wildman–Crippen LogP) is 2.57. The van der Waals surface area contributed by atoms with Gasteiger partial charge in [-0.2, -0.15) is 0 Å². The van der Waals surface area contributed by atoms with Gasteiger partial charge in [0.15, 0.2) is 5.15 Å². The minimum Gasteiger partial charge on any atom is -0.444 e. The summed E-state index contributed by atoms with van der Waals surface area (Å²) in [5.74, 6) is 0. The summed E-state index contributed by atoms with van der Waals surface area (Å²) in [4.78, 5) is 24.3. The van der Waals surface area contributed by atoms with E-state index in [-0.39, 0.29) is 12.1 Å². The topological polar surface area (TPSA) is 58.6 Å². The zero-order valence-corrected chi connectivity index (χ0v) is 14.3. The van der Waals surface area contributed by atoms with E-state index in [0.717, 1.165) is 12.1 Å². The molecule has 0 aromatic carbocycles. The van der Waals surface area contributed by atoms with Gasteiger partial charge >= 0.3 is 6.09 Å². The van der Waals surface area contributed by atoms with Crippen molar-refractivity contribution in [3.05, 3.63) is 23.2 Å². The molecule has 0 radical (unpaired) electrons. The van der Waals surface area contributed by atoms with Crippen molar-refractivity contribution in [2.24, 2.45) is 0 Å². The first-order valence-electron chi connectivity index (χ1n) is 7.40. The Kier molecular flexibility index (Phi) is 5.24. The Morgan fingerprint density at radius 2 is 2.14 bits per heavy atom. The molecular weight excluding hydrogens is 304 g/mol. The first-order valence-corrected chi connectivity index (χ1v) is 7.77. The van der Waals surface area contributed by atoms with Gasteiger partial charge in [0.2, 0.25) is 0 Å². The minimum atomic E-state index is -0.464. The number of hydrogen-bond acceptors (Lipinski definition) is 5. The maximum absolute atomic E-state index is 12.1. The van der Waals surface area contributed by atoms with Gasteiger partial charge in [0.1, 0.15) is 5.60 Å². The molecule has 22 heavy (non-hydrogen) atoms. The van der Waals surface area contributed by atoms with E-state index < -0.39 is 5.60 Å². The van der Waals surface area contributed by atoms with Crippen LogP contribution in [0.3, 0.4) is 0 Å². The van der Waals surface area contributed by atoms with E-state index in [9.17, 15) is 4.79 Å². The van der Waals surface area contributed by atoms with Crippen molar-refractivity contribution in [2.75, 3.05) is 20.1 Å². The Morgan fingerprint density at radius 1 is 1.45 bits per heavy atom. The highest BCUT2D eigenvalue weighted by molar-refractivity contribution is 6.29. The second kappa shape index (κ2) is 6.79. The lowest BCUT2D eigenvalue weighted by Crippen LogP contribution is -2.39. The zero-order valence-electron chi connectivity index (χ0n) is 13.5. The maximum atomic E-state index is 12.1. The number of aromatic nitrogens is 2. The molecule has 1 aliphatic heterocycles. The Balaban J connectivity index is 1.90. The second-order valence-corrected chi connectivity index (χ2v) is 6.94. The molecule has 1 amide bonds. The molecule has 2 rings (SSSR count). The van der Waals surface area contributed by atoms with E-state index >= 15 is 0 Å². The fraction of sp³-hybridized carbons (Fsp3) is 0.667. The first-order chi connectivity index (χ1) is 10.3. The third-order valence-electron chi connectivity index (χ3n) is 3.56. The van der Waals surface area contributed by atoms with Crippen LogP contribution >= 0.6 is 11.6 Å². The fourth-order valence-electron chi connectivity index (χ4n) is 2.42. The van der Waals surface area contributed by atoms with Crippen LogP contribution in [0.2, 0.25) is 5.15 Å². The van der Waals surface area contributed by atoms with E-state index in [1.165, 1.54) is 0 Å². The van der Waals surface area contributed by atoms with Crippen LogP contribution < -0.4 is 0 Å². The second-order valence-electron chi connectivity index (χ2n) is 6.58. The molecule has 1 aromatic heterocycles. The highest BCUT2D eigenvalue weighted by Gasteiger charge is 2.31. The van der Waals surface area contributed by atoms with E-state index in [1.54, 1.807) is 17.3 Å². The lowest BCUT2D eigenvalue weighted by molar-refractivity contribution is 0.0282. The van der Waals surface area contributed by atoms with Gasteiger partial charge < -0.3 is 9.64 Å². The molecule has 6 nitrogen and oxygen atoms in total. The number of rotatable bonds is 3. The van der Waals surface area contributed by atoms with Gasteiger partial charge in [0.05, 0.1) is 5.69 Å². The van der Waals surface area contributed by atoms with Gasteiger partial charge in [0.25, 0.3) is 0 Å². The first kappa shape index (κ1) is 17.0. The number of carbonyl (C=O) groups is 1. The molecule has 0 unspecified atom stereocenters. The normalized spacial score (nSPS) is 18.8. The number of hydrogen-bond donors (Lipinski definition) is 0. The molecule has 0 saturated carbocycles. The number of halogens is 1. The van der Waals surface area contributed by atoms with Crippen LogP contribution in [0.25, 0.3) is 0 Å². The summed E-state index contributed by atoms with van der Waals surface area (Å²) in [6, 6.07) is 0.269. The Bertz CT molecular complexity index is 533. The van der Waals surface area contributed by atoms with Gasteiger partial charge in [0, 0.05) is 38.1 Å². The van der Waals surface area contributed by atoms with Crippen LogP contribution in [0.5, 0.6) is 0 Å². The molecule has 7 heteroatoms. The third kappa shape index (κ3) is 4.55. The van der Waals surface area contributed by atoms with Crippen molar-refractivity contribution < 1.29 is 9.53 Å². The Hall–Kier alpha value is -1.40. The largest absolute Gasteiger partial charge is 0.444 e. The van der Waals surface area contributed by atoms with Crippen molar-refractivity contribution in [3.63, 3.8) is 0 Å². The average molecular weight is 327 g/mol. The standard InChI is InChI=1S/C15H23ClN4O2/c1-15(2,3)22-14(21)20-8-5-11(9-20)19(4)10-12-13(16)18-7-6-17-12/h6-7,11H,5,8-10H2,1-4H3/t11-/m1/s1. The molecule has 0 aliphatic carbocycles. The van der Waals surface area contributed by atoms with E-state index in [2.05, 4.69) is 14.9 Å². The van der Waals surface area contributed by atoms with E-state index in [1.807, 2.05) is 27.8 Å². The van der Waals surface area contributed by atoms with Crippen molar-refractivity contribution in [2.45, 2.75) is 45.4 Å². The molecule has 1 atom stereocenters. The summed E-state index contributed by atoms with van der Waals surface area (Å²) in [6.45, 7) is 7.60. The van der Waals surface area contributed by atoms with Gasteiger partial charge in [-0.25, -0.2) is 9.78 Å². The fourth-order valence-corrected chi connectivity index (χ4v) is 2.58. The predicted molar refractivity (Wildman–Crippen MR) is 84.7 cm³/mol. The molecule has 0 N–H and O–H groups in total. The van der Waals surface area contributed by atoms with Crippen molar-refractivity contribution in [1.29, 1.82) is 0 Å². The van der Waals surface area contributed by atoms with Gasteiger partial charge in [-0.1, -0.05) is 11.6 Å². The summed E-state index contributed by atoms with van der Waals surface area (Å²) >= 11 is 6.04. The number of amides is 1. The van der Waals surface area contributed by atoms with Crippen molar-refractivity contribution in [3.8, 4) is 0 Å². The molecule has 0 spiro atoms. The number of likely N-dealkylation sites (N-methyl/N-ethyl adjacent to an activating group) is 1. The lowest BCUT2D eigenvalue weighted by Gasteiger charge is -2.26. The summed E-state index contributed by atoms with van der Waals surface area (Å²) in [5.41, 5.74) is 0.288. The number of carbonyl (C=O) groups excluding carboxylic acids is 1. The number of nitrogens with zero attached hydrogens (tertiary/aromatic N) is 4. The van der Waals surface area contributed by atoms with Crippen LogP contribution in [0.4, 0.5) is 4.79 Å². The van der Waals surface area contributed by atoms with Crippen LogP contribution in [0.1, 0.15) is 32.9 Å². The smallest absolute Gasteiger partial charge is 0.410 e. The molecule has 1 fully saturated rings. The minimum absolute atomic E-state index is 0.249. The van der Waals surface area contributed by atoms with Crippen molar-refractivity contribution >= 4 is 17.7 Å². The Morgan fingerprint density at radius 3 is 2.77 bits per heavy atom. The SMILES string of the molecule is CN(Cc1nccnc1Cl)[C@@H]1CCN(C(=O)OC(C)(C)C)C1. The lowest BCUT2D eigenvalue weighted by atomic mass is 10.2. The number of likely N-dealkylation sites (tertiary alicyclic amines) is 1. The maximum Gasteiger partial charge on any atom is 0.410 e. The molecule has 1 aliphatic rings. The molecule has 0 bridgehead atoms. The quantitative estimate of drug-likeness (QED) is 0.854. The average Bonchev–Trinajstić information content (AvgIpc) is 2.89. The summed E-state index contributed by atoms with van der Waals surface area (Å²) in [6.07, 6.45) is 3.87. The van der Waals surface area contributed by atoms with Crippen LogP contribution in [0.15, 0.2) is 12.4 Å². The molecule has 1 saturated heterocycles. The molecule has 122 valence electrons. The van der Waals surface area contributed by atoms with Crippen LogP contribution in [-0.2, 0) is 11.3 Å². The van der Waals surface area contributed by atoms with Gasteiger partial charge in [-0.3, -0.25) is 9.88 Å². The highest BCUT2D eigenvalue weighted by atomic mass is 35.5.